The minimum Gasteiger partial charge on any atom is -0.358 e. The Hall–Kier alpha value is -1.62. The predicted octanol–water partition coefficient (Wildman–Crippen LogP) is 3.03. The van der Waals surface area contributed by atoms with Crippen LogP contribution in [-0.4, -0.2) is 20.8 Å². The molecule has 4 nitrogen and oxygen atoms in total. The van der Waals surface area contributed by atoms with Crippen molar-refractivity contribution in [3.05, 3.63) is 30.6 Å². The molecule has 1 aliphatic carbocycles. The van der Waals surface area contributed by atoms with E-state index in [2.05, 4.69) is 22.7 Å². The summed E-state index contributed by atoms with van der Waals surface area (Å²) in [5.41, 5.74) is 5.21. The van der Waals surface area contributed by atoms with Gasteiger partial charge in [-0.1, -0.05) is 31.9 Å². The van der Waals surface area contributed by atoms with Crippen molar-refractivity contribution in [2.75, 3.05) is 5.43 Å². The van der Waals surface area contributed by atoms with Gasteiger partial charge in [0, 0.05) is 6.04 Å². The maximum atomic E-state index is 5.43. The van der Waals surface area contributed by atoms with Crippen LogP contribution in [0, 0.1) is 5.92 Å². The molecule has 1 aromatic heterocycles. The van der Waals surface area contributed by atoms with Gasteiger partial charge < -0.3 is 5.32 Å². The van der Waals surface area contributed by atoms with E-state index in [0.29, 0.717) is 17.1 Å². The molecular formula is C15H20N4S. The molecule has 1 fully saturated rings. The zero-order valence-electron chi connectivity index (χ0n) is 11.7. The largest absolute Gasteiger partial charge is 0.358 e. The standard InChI is InChI=1S/C15H20N4S/c1-11-6-2-3-7-12(11)17-15(20)18-19-10-16-13-8-4-5-9-14(13)19/h4-5,8-12H,2-3,6-7H2,1H3,(H2,17,18,20)/t11-,12-/m0/s1. The minimum absolute atomic E-state index is 0.485. The molecule has 1 heterocycles. The molecule has 2 atom stereocenters. The van der Waals surface area contributed by atoms with E-state index in [1.807, 2.05) is 28.9 Å². The highest BCUT2D eigenvalue weighted by molar-refractivity contribution is 7.80. The predicted molar refractivity (Wildman–Crippen MR) is 86.2 cm³/mol. The van der Waals surface area contributed by atoms with Gasteiger partial charge in [-0.3, -0.25) is 5.43 Å². The molecule has 0 spiro atoms. The van der Waals surface area contributed by atoms with Gasteiger partial charge in [0.25, 0.3) is 0 Å². The Labute approximate surface area is 124 Å². The molecular weight excluding hydrogens is 268 g/mol. The van der Waals surface area contributed by atoms with Gasteiger partial charge in [0.05, 0.1) is 11.0 Å². The lowest BCUT2D eigenvalue weighted by atomic mass is 9.86. The first-order valence-electron chi connectivity index (χ1n) is 7.23. The van der Waals surface area contributed by atoms with Gasteiger partial charge in [-0.15, -0.1) is 0 Å². The van der Waals surface area contributed by atoms with E-state index < -0.39 is 0 Å². The zero-order valence-corrected chi connectivity index (χ0v) is 12.5. The maximum Gasteiger partial charge on any atom is 0.185 e. The van der Waals surface area contributed by atoms with Gasteiger partial charge in [0.1, 0.15) is 6.33 Å². The van der Waals surface area contributed by atoms with E-state index in [9.17, 15) is 0 Å². The smallest absolute Gasteiger partial charge is 0.185 e. The Balaban J connectivity index is 1.66. The number of aromatic nitrogens is 2. The minimum atomic E-state index is 0.485. The number of rotatable bonds is 2. The molecule has 0 amide bonds. The normalized spacial score (nSPS) is 22.6. The molecule has 0 radical (unpaired) electrons. The second-order valence-corrected chi connectivity index (χ2v) is 5.97. The first kappa shape index (κ1) is 13.4. The third-order valence-electron chi connectivity index (χ3n) is 4.10. The number of para-hydroxylation sites is 2. The number of nitrogens with zero attached hydrogens (tertiary/aromatic N) is 2. The molecule has 2 N–H and O–H groups in total. The molecule has 5 heteroatoms. The van der Waals surface area contributed by atoms with Crippen LogP contribution in [0.1, 0.15) is 32.6 Å². The fourth-order valence-corrected chi connectivity index (χ4v) is 3.14. The van der Waals surface area contributed by atoms with Crippen molar-refractivity contribution in [1.29, 1.82) is 0 Å². The van der Waals surface area contributed by atoms with Crippen LogP contribution in [0.15, 0.2) is 30.6 Å². The second kappa shape index (κ2) is 5.79. The number of nitrogens with one attached hydrogen (secondary N) is 2. The highest BCUT2D eigenvalue weighted by Gasteiger charge is 2.21. The first-order chi connectivity index (χ1) is 9.74. The van der Waals surface area contributed by atoms with Gasteiger partial charge in [0.2, 0.25) is 0 Å². The van der Waals surface area contributed by atoms with Crippen molar-refractivity contribution < 1.29 is 0 Å². The van der Waals surface area contributed by atoms with E-state index in [1.165, 1.54) is 25.7 Å². The van der Waals surface area contributed by atoms with Crippen molar-refractivity contribution in [2.24, 2.45) is 5.92 Å². The van der Waals surface area contributed by atoms with E-state index in [-0.39, 0.29) is 0 Å². The van der Waals surface area contributed by atoms with Crippen LogP contribution in [0.25, 0.3) is 11.0 Å². The topological polar surface area (TPSA) is 41.9 Å². The Kier molecular flexibility index (Phi) is 3.87. The summed E-state index contributed by atoms with van der Waals surface area (Å²) in [5, 5.41) is 4.12. The fourth-order valence-electron chi connectivity index (χ4n) is 2.89. The van der Waals surface area contributed by atoms with Gasteiger partial charge in [-0.2, -0.15) is 0 Å². The second-order valence-electron chi connectivity index (χ2n) is 5.56. The fraction of sp³-hybridized carbons (Fsp3) is 0.467. The molecule has 1 aromatic carbocycles. The van der Waals surface area contributed by atoms with E-state index >= 15 is 0 Å². The molecule has 0 saturated heterocycles. The van der Waals surface area contributed by atoms with Crippen LogP contribution < -0.4 is 10.7 Å². The summed E-state index contributed by atoms with van der Waals surface area (Å²) in [6, 6.07) is 8.49. The van der Waals surface area contributed by atoms with Crippen molar-refractivity contribution in [2.45, 2.75) is 38.6 Å². The number of benzene rings is 1. The molecule has 1 saturated carbocycles. The molecule has 0 bridgehead atoms. The Bertz CT molecular complexity index is 607. The monoisotopic (exact) mass is 288 g/mol. The molecule has 0 aliphatic heterocycles. The molecule has 1 aliphatic rings. The summed E-state index contributed by atoms with van der Waals surface area (Å²) in [6.07, 6.45) is 6.88. The SMILES string of the molecule is C[C@H]1CCCC[C@@H]1NC(=S)Nn1cnc2ccccc21. The van der Waals surface area contributed by atoms with Gasteiger partial charge in [-0.05, 0) is 43.1 Å². The number of thiocarbonyl (C=S) groups is 1. The van der Waals surface area contributed by atoms with Crippen LogP contribution >= 0.6 is 12.2 Å². The summed E-state index contributed by atoms with van der Waals surface area (Å²) in [5.74, 6) is 0.683. The summed E-state index contributed by atoms with van der Waals surface area (Å²) in [4.78, 5) is 4.35. The lowest BCUT2D eigenvalue weighted by molar-refractivity contribution is 0.309. The molecule has 3 rings (SSSR count). The van der Waals surface area contributed by atoms with Crippen LogP contribution in [0.3, 0.4) is 0 Å². The van der Waals surface area contributed by atoms with Crippen molar-refractivity contribution in [3.8, 4) is 0 Å². The maximum absolute atomic E-state index is 5.43. The third kappa shape index (κ3) is 2.77. The lowest BCUT2D eigenvalue weighted by Crippen LogP contribution is -2.44. The van der Waals surface area contributed by atoms with Crippen LogP contribution in [0.4, 0.5) is 0 Å². The number of imidazole rings is 1. The molecule has 20 heavy (non-hydrogen) atoms. The van der Waals surface area contributed by atoms with E-state index in [0.717, 1.165) is 11.0 Å². The zero-order chi connectivity index (χ0) is 13.9. The molecule has 2 aromatic rings. The lowest BCUT2D eigenvalue weighted by Gasteiger charge is -2.30. The van der Waals surface area contributed by atoms with Crippen molar-refractivity contribution >= 4 is 28.4 Å². The highest BCUT2D eigenvalue weighted by atomic mass is 32.1. The Morgan fingerprint density at radius 1 is 1.30 bits per heavy atom. The van der Waals surface area contributed by atoms with Gasteiger partial charge >= 0.3 is 0 Å². The van der Waals surface area contributed by atoms with E-state index in [1.54, 1.807) is 6.33 Å². The Morgan fingerprint density at radius 2 is 2.10 bits per heavy atom. The number of hydrogen-bond donors (Lipinski definition) is 2. The van der Waals surface area contributed by atoms with E-state index in [4.69, 9.17) is 12.2 Å². The number of hydrogen-bond acceptors (Lipinski definition) is 2. The molecule has 106 valence electrons. The number of fused-ring (bicyclic) bond motifs is 1. The summed E-state index contributed by atoms with van der Waals surface area (Å²) in [6.45, 7) is 2.30. The Morgan fingerprint density at radius 3 is 2.95 bits per heavy atom. The summed E-state index contributed by atoms with van der Waals surface area (Å²) in [7, 11) is 0. The van der Waals surface area contributed by atoms with Crippen LogP contribution in [0.5, 0.6) is 0 Å². The van der Waals surface area contributed by atoms with Crippen molar-refractivity contribution in [1.82, 2.24) is 15.0 Å². The quantitative estimate of drug-likeness (QED) is 0.834. The van der Waals surface area contributed by atoms with Crippen LogP contribution in [0.2, 0.25) is 0 Å². The van der Waals surface area contributed by atoms with Crippen LogP contribution in [-0.2, 0) is 0 Å². The van der Waals surface area contributed by atoms with Crippen molar-refractivity contribution in [3.63, 3.8) is 0 Å². The summed E-state index contributed by atoms with van der Waals surface area (Å²) >= 11 is 5.43. The third-order valence-corrected chi connectivity index (χ3v) is 4.31. The average molecular weight is 288 g/mol. The average Bonchev–Trinajstić information content (AvgIpc) is 2.85. The highest BCUT2D eigenvalue weighted by Crippen LogP contribution is 2.23. The molecule has 0 unspecified atom stereocenters. The first-order valence-corrected chi connectivity index (χ1v) is 7.64. The van der Waals surface area contributed by atoms with Gasteiger partial charge in [0.15, 0.2) is 5.11 Å². The van der Waals surface area contributed by atoms with Gasteiger partial charge in [-0.25, -0.2) is 9.66 Å². The summed E-state index contributed by atoms with van der Waals surface area (Å²) < 4.78 is 1.87.